The van der Waals surface area contributed by atoms with Crippen LogP contribution in [-0.2, 0) is 0 Å². The molecule has 0 aromatic carbocycles. The summed E-state index contributed by atoms with van der Waals surface area (Å²) >= 11 is 0. The maximum atomic E-state index is 5.66. The molecule has 0 spiro atoms. The van der Waals surface area contributed by atoms with Crippen molar-refractivity contribution in [2.24, 2.45) is 28.9 Å². The van der Waals surface area contributed by atoms with Crippen molar-refractivity contribution in [3.63, 3.8) is 0 Å². The average Bonchev–Trinajstić information content (AvgIpc) is 1.62. The first kappa shape index (κ1) is 9.84. The van der Waals surface area contributed by atoms with Gasteiger partial charge in [-0.15, -0.1) is 0 Å². The summed E-state index contributed by atoms with van der Waals surface area (Å²) in [6, 6.07) is 0. The Kier molecular flexibility index (Phi) is 2.43. The van der Waals surface area contributed by atoms with Gasteiger partial charge >= 0.3 is 0 Å². The molecule has 0 saturated heterocycles. The lowest BCUT2D eigenvalue weighted by molar-refractivity contribution is 0.184. The van der Waals surface area contributed by atoms with E-state index in [9.17, 15) is 0 Å². The summed E-state index contributed by atoms with van der Waals surface area (Å²) < 4.78 is 0. The van der Waals surface area contributed by atoms with E-state index >= 15 is 0 Å². The minimum atomic E-state index is -1.03. The van der Waals surface area contributed by atoms with Crippen LogP contribution in [0.25, 0.3) is 0 Å². The van der Waals surface area contributed by atoms with Gasteiger partial charge in [-0.25, -0.2) is 0 Å². The molecule has 0 bridgehead atoms. The van der Waals surface area contributed by atoms with E-state index in [2.05, 4.69) is 0 Å². The lowest BCUT2D eigenvalue weighted by Gasteiger charge is -2.40. The maximum Gasteiger partial charge on any atom is 0.0976 e. The zero-order chi connectivity index (χ0) is 8.58. The largest absolute Gasteiger partial charge is 0.311 e. The van der Waals surface area contributed by atoms with Crippen molar-refractivity contribution in [1.82, 2.24) is 0 Å². The van der Waals surface area contributed by atoms with Crippen molar-refractivity contribution >= 4 is 0 Å². The summed E-state index contributed by atoms with van der Waals surface area (Å²) in [5.41, 5.74) is 20.4. The van der Waals surface area contributed by atoms with Gasteiger partial charge < -0.3 is 22.9 Å². The quantitative estimate of drug-likeness (QED) is 0.371. The van der Waals surface area contributed by atoms with Crippen LogP contribution >= 0.6 is 0 Å². The fourth-order valence-corrected chi connectivity index (χ4v) is 0.622. The molecule has 8 N–H and O–H groups in total. The van der Waals surface area contributed by atoms with Crippen LogP contribution in [0.1, 0.15) is 20.8 Å². The molecular weight excluding hydrogens is 128 g/mol. The topological polar surface area (TPSA) is 104 Å². The summed E-state index contributed by atoms with van der Waals surface area (Å²) in [6.07, 6.45) is 0. The first-order valence-electron chi connectivity index (χ1n) is 3.35. The number of rotatable bonds is 2. The van der Waals surface area contributed by atoms with E-state index in [0.29, 0.717) is 0 Å². The molecule has 0 saturated carbocycles. The van der Waals surface area contributed by atoms with Gasteiger partial charge in [0.2, 0.25) is 0 Å². The van der Waals surface area contributed by atoms with Crippen molar-refractivity contribution in [2.45, 2.75) is 32.1 Å². The van der Waals surface area contributed by atoms with Crippen molar-refractivity contribution in [2.75, 3.05) is 0 Å². The Morgan fingerprint density at radius 2 is 1.30 bits per heavy atom. The summed E-state index contributed by atoms with van der Waals surface area (Å²) in [7, 11) is 0. The van der Waals surface area contributed by atoms with Gasteiger partial charge in [0.1, 0.15) is 0 Å². The molecule has 0 amide bonds. The Morgan fingerprint density at radius 3 is 1.30 bits per heavy atom. The lowest BCUT2D eigenvalue weighted by atomic mass is 9.87. The van der Waals surface area contributed by atoms with Crippen LogP contribution in [0.3, 0.4) is 0 Å². The highest BCUT2D eigenvalue weighted by Gasteiger charge is 2.38. The van der Waals surface area contributed by atoms with Gasteiger partial charge in [-0.2, -0.15) is 0 Å². The molecule has 4 heteroatoms. The molecule has 0 aliphatic carbocycles. The first-order chi connectivity index (χ1) is 4.19. The highest BCUT2D eigenvalue weighted by atomic mass is 15.1. The molecule has 0 radical (unpaired) electrons. The van der Waals surface area contributed by atoms with Crippen molar-refractivity contribution < 1.29 is 0 Å². The summed E-state index contributed by atoms with van der Waals surface area (Å²) in [4.78, 5) is 0. The molecule has 0 unspecified atom stereocenters. The molecule has 0 aromatic heterocycles. The monoisotopic (exact) mass is 146 g/mol. The van der Waals surface area contributed by atoms with Gasteiger partial charge in [0.05, 0.1) is 11.3 Å². The third-order valence-corrected chi connectivity index (χ3v) is 1.89. The van der Waals surface area contributed by atoms with Gasteiger partial charge in [0.25, 0.3) is 0 Å². The molecular formula is C6H18N4. The van der Waals surface area contributed by atoms with Gasteiger partial charge in [0.15, 0.2) is 0 Å². The Balaban J connectivity index is 4.40. The maximum absolute atomic E-state index is 5.66. The molecule has 0 atom stereocenters. The molecule has 0 aromatic rings. The number of hydrogen-bond acceptors (Lipinski definition) is 4. The Hall–Kier alpha value is -0.160. The van der Waals surface area contributed by atoms with Crippen LogP contribution in [0.15, 0.2) is 0 Å². The minimum absolute atomic E-state index is 0.0625. The standard InChI is InChI=1S/C6H18N4/c1-4(2)6(9,10)5(3,7)8/h4H,7-10H2,1-3H3. The van der Waals surface area contributed by atoms with E-state index in [0.717, 1.165) is 0 Å². The van der Waals surface area contributed by atoms with Gasteiger partial charge in [0, 0.05) is 0 Å². The predicted octanol–water partition coefficient (Wildman–Crippen LogP) is -1.11. The van der Waals surface area contributed by atoms with E-state index in [-0.39, 0.29) is 5.92 Å². The Morgan fingerprint density at radius 1 is 1.00 bits per heavy atom. The summed E-state index contributed by atoms with van der Waals surface area (Å²) in [5.74, 6) is 0.0625. The molecule has 10 heavy (non-hydrogen) atoms. The molecule has 0 heterocycles. The van der Waals surface area contributed by atoms with E-state index in [1.165, 1.54) is 0 Å². The Bertz CT molecular complexity index is 111. The van der Waals surface area contributed by atoms with Crippen molar-refractivity contribution in [3.05, 3.63) is 0 Å². The highest BCUT2D eigenvalue weighted by molar-refractivity contribution is 4.97. The van der Waals surface area contributed by atoms with Gasteiger partial charge in [-0.3, -0.25) is 0 Å². The second kappa shape index (κ2) is 2.47. The number of nitrogens with two attached hydrogens (primary N) is 4. The molecule has 62 valence electrons. The van der Waals surface area contributed by atoms with E-state index in [1.54, 1.807) is 6.92 Å². The normalized spacial score (nSPS) is 14.4. The van der Waals surface area contributed by atoms with E-state index < -0.39 is 11.3 Å². The van der Waals surface area contributed by atoms with Crippen LogP contribution < -0.4 is 22.9 Å². The fraction of sp³-hybridized carbons (Fsp3) is 1.00. The predicted molar refractivity (Wildman–Crippen MR) is 42.7 cm³/mol. The molecule has 0 rings (SSSR count). The molecule has 0 aliphatic heterocycles. The minimum Gasteiger partial charge on any atom is -0.311 e. The van der Waals surface area contributed by atoms with Crippen molar-refractivity contribution in [3.8, 4) is 0 Å². The Labute approximate surface area is 61.9 Å². The van der Waals surface area contributed by atoms with Gasteiger partial charge in [-0.05, 0) is 12.8 Å². The number of hydrogen-bond donors (Lipinski definition) is 4. The molecule has 4 nitrogen and oxygen atoms in total. The van der Waals surface area contributed by atoms with Crippen LogP contribution in [0.4, 0.5) is 0 Å². The summed E-state index contributed by atoms with van der Waals surface area (Å²) in [6.45, 7) is 5.39. The van der Waals surface area contributed by atoms with E-state index in [1.807, 2.05) is 13.8 Å². The van der Waals surface area contributed by atoms with Crippen LogP contribution in [0.2, 0.25) is 0 Å². The smallest absolute Gasteiger partial charge is 0.0976 e. The van der Waals surface area contributed by atoms with Gasteiger partial charge in [-0.1, -0.05) is 13.8 Å². The zero-order valence-electron chi connectivity index (χ0n) is 6.89. The van der Waals surface area contributed by atoms with Crippen LogP contribution in [0.5, 0.6) is 0 Å². The van der Waals surface area contributed by atoms with E-state index in [4.69, 9.17) is 22.9 Å². The van der Waals surface area contributed by atoms with Crippen LogP contribution in [-0.4, -0.2) is 11.3 Å². The highest BCUT2D eigenvalue weighted by Crippen LogP contribution is 2.14. The fourth-order valence-electron chi connectivity index (χ4n) is 0.622. The van der Waals surface area contributed by atoms with Crippen LogP contribution in [0, 0.1) is 5.92 Å². The zero-order valence-corrected chi connectivity index (χ0v) is 6.89. The molecule has 0 fully saturated rings. The molecule has 0 aliphatic rings. The second-order valence-electron chi connectivity index (χ2n) is 3.37. The first-order valence-corrected chi connectivity index (χ1v) is 3.35. The SMILES string of the molecule is CC(C)C(N)(N)C(C)(N)N. The second-order valence-corrected chi connectivity index (χ2v) is 3.37. The third kappa shape index (κ3) is 1.67. The third-order valence-electron chi connectivity index (χ3n) is 1.89. The van der Waals surface area contributed by atoms with Crippen molar-refractivity contribution in [1.29, 1.82) is 0 Å². The summed E-state index contributed by atoms with van der Waals surface area (Å²) in [5, 5.41) is 0. The lowest BCUT2D eigenvalue weighted by Crippen LogP contribution is -2.76. The average molecular weight is 146 g/mol.